The first-order valence-electron chi connectivity index (χ1n) is 12.3. The number of carbonyl (C=O) groups excluding carboxylic acids is 2. The van der Waals surface area contributed by atoms with Crippen LogP contribution in [0.25, 0.3) is 0 Å². The monoisotopic (exact) mass is 491 g/mol. The van der Waals surface area contributed by atoms with Crippen molar-refractivity contribution in [2.24, 2.45) is 0 Å². The highest BCUT2D eigenvalue weighted by atomic mass is 32.2. The van der Waals surface area contributed by atoms with E-state index in [4.69, 9.17) is 0 Å². The summed E-state index contributed by atoms with van der Waals surface area (Å²) in [5.41, 5.74) is 1.65. The number of hydrogen-bond donors (Lipinski definition) is 1. The molecule has 3 fully saturated rings. The first-order valence-corrected chi connectivity index (χ1v) is 13.7. The molecule has 2 aliphatic heterocycles. The summed E-state index contributed by atoms with van der Waals surface area (Å²) in [6.45, 7) is 10.4. The highest BCUT2D eigenvalue weighted by molar-refractivity contribution is 7.89. The Morgan fingerprint density at radius 2 is 1.65 bits per heavy atom. The number of benzene rings is 1. The second kappa shape index (κ2) is 10.3. The molecule has 9 nitrogen and oxygen atoms in total. The van der Waals surface area contributed by atoms with Crippen LogP contribution in [0.15, 0.2) is 23.1 Å². The van der Waals surface area contributed by atoms with E-state index >= 15 is 0 Å². The van der Waals surface area contributed by atoms with Gasteiger partial charge in [-0.2, -0.15) is 4.31 Å². The Bertz CT molecular complexity index is 1010. The molecule has 1 aromatic carbocycles. The highest BCUT2D eigenvalue weighted by Crippen LogP contribution is 2.23. The van der Waals surface area contributed by atoms with E-state index in [1.165, 1.54) is 4.31 Å². The zero-order valence-corrected chi connectivity index (χ0v) is 21.3. The fourth-order valence-corrected chi connectivity index (χ4v) is 6.35. The molecule has 3 aliphatic rings. The molecule has 34 heavy (non-hydrogen) atoms. The van der Waals surface area contributed by atoms with Crippen LogP contribution in [0, 0.1) is 13.8 Å². The minimum Gasteiger partial charge on any atom is -0.352 e. The van der Waals surface area contributed by atoms with Crippen molar-refractivity contribution in [3.8, 4) is 0 Å². The average molecular weight is 492 g/mol. The fraction of sp³-hybridized carbons (Fsp3) is 0.667. The van der Waals surface area contributed by atoms with Crippen LogP contribution in [0.2, 0.25) is 0 Å². The molecule has 1 aliphatic carbocycles. The van der Waals surface area contributed by atoms with E-state index < -0.39 is 10.0 Å². The molecule has 0 radical (unpaired) electrons. The van der Waals surface area contributed by atoms with E-state index in [-0.39, 0.29) is 17.9 Å². The summed E-state index contributed by atoms with van der Waals surface area (Å²) < 4.78 is 27.8. The van der Waals surface area contributed by atoms with Gasteiger partial charge in [-0.1, -0.05) is 12.1 Å². The minimum atomic E-state index is -3.57. The molecule has 1 N–H and O–H groups in total. The van der Waals surface area contributed by atoms with E-state index in [1.807, 2.05) is 32.9 Å². The summed E-state index contributed by atoms with van der Waals surface area (Å²) in [6.07, 6.45) is 2.17. The Labute approximate surface area is 203 Å². The maximum Gasteiger partial charge on any atom is 0.243 e. The van der Waals surface area contributed by atoms with Gasteiger partial charge in [0.15, 0.2) is 0 Å². The van der Waals surface area contributed by atoms with Crippen molar-refractivity contribution in [3.63, 3.8) is 0 Å². The molecule has 1 atom stereocenters. The number of carbonyl (C=O) groups is 2. The van der Waals surface area contributed by atoms with Gasteiger partial charge in [-0.25, -0.2) is 8.42 Å². The molecular formula is C24H37N5O4S. The van der Waals surface area contributed by atoms with Gasteiger partial charge in [0.25, 0.3) is 0 Å². The van der Waals surface area contributed by atoms with Gasteiger partial charge >= 0.3 is 0 Å². The van der Waals surface area contributed by atoms with Gasteiger partial charge in [-0.3, -0.25) is 19.4 Å². The van der Waals surface area contributed by atoms with E-state index in [9.17, 15) is 18.0 Å². The smallest absolute Gasteiger partial charge is 0.243 e. The van der Waals surface area contributed by atoms with Crippen LogP contribution >= 0.6 is 0 Å². The second-order valence-corrected chi connectivity index (χ2v) is 11.7. The van der Waals surface area contributed by atoms with E-state index in [0.717, 1.165) is 50.1 Å². The lowest BCUT2D eigenvalue weighted by molar-refractivity contribution is -0.135. The molecule has 188 valence electrons. The standard InChI is InChI=1S/C24H37N5O4S/c1-18-4-5-19(2)22(16-18)34(32,33)29-14-12-28(13-15-29)23(30)17-26-8-10-27(11-9-26)20(3)24(31)25-21-6-7-21/h4-5,16,20-21H,6-15,17H2,1-3H3,(H,25,31). The van der Waals surface area contributed by atoms with Crippen molar-refractivity contribution in [3.05, 3.63) is 29.3 Å². The number of aryl methyl sites for hydroxylation is 2. The minimum absolute atomic E-state index is 0.0387. The number of nitrogens with one attached hydrogen (secondary N) is 1. The van der Waals surface area contributed by atoms with Crippen LogP contribution in [-0.4, -0.2) is 110 Å². The third-order valence-corrected chi connectivity index (χ3v) is 9.21. The van der Waals surface area contributed by atoms with Crippen molar-refractivity contribution >= 4 is 21.8 Å². The van der Waals surface area contributed by atoms with Crippen LogP contribution in [-0.2, 0) is 19.6 Å². The third kappa shape index (κ3) is 5.79. The first-order chi connectivity index (χ1) is 16.1. The number of hydrogen-bond acceptors (Lipinski definition) is 6. The predicted molar refractivity (Wildman–Crippen MR) is 130 cm³/mol. The number of nitrogens with zero attached hydrogens (tertiary/aromatic N) is 4. The first kappa shape index (κ1) is 25.1. The summed E-state index contributed by atoms with van der Waals surface area (Å²) in [5.74, 6) is 0.137. The molecule has 1 aromatic rings. The molecule has 1 saturated carbocycles. The van der Waals surface area contributed by atoms with Crippen LogP contribution in [0.1, 0.15) is 30.9 Å². The number of piperazine rings is 2. The predicted octanol–water partition coefficient (Wildman–Crippen LogP) is 0.421. The lowest BCUT2D eigenvalue weighted by Crippen LogP contribution is -2.57. The number of amides is 2. The van der Waals surface area contributed by atoms with Gasteiger partial charge < -0.3 is 10.2 Å². The molecule has 0 aromatic heterocycles. The maximum absolute atomic E-state index is 13.1. The SMILES string of the molecule is Cc1ccc(C)c(S(=O)(=O)N2CCN(C(=O)CN3CCN(C(C)C(=O)NC4CC4)CC3)CC2)c1. The Kier molecular flexibility index (Phi) is 7.61. The van der Waals surface area contributed by atoms with E-state index in [2.05, 4.69) is 15.1 Å². The van der Waals surface area contributed by atoms with E-state index in [0.29, 0.717) is 43.7 Å². The van der Waals surface area contributed by atoms with Gasteiger partial charge in [-0.05, 0) is 50.8 Å². The zero-order valence-electron chi connectivity index (χ0n) is 20.5. The summed E-state index contributed by atoms with van der Waals surface area (Å²) in [4.78, 5) is 31.6. The molecule has 4 rings (SSSR count). The summed E-state index contributed by atoms with van der Waals surface area (Å²) in [7, 11) is -3.57. The van der Waals surface area contributed by atoms with Gasteiger partial charge in [0, 0.05) is 58.4 Å². The van der Waals surface area contributed by atoms with Gasteiger partial charge in [-0.15, -0.1) is 0 Å². The summed E-state index contributed by atoms with van der Waals surface area (Å²) in [6, 6.07) is 5.69. The van der Waals surface area contributed by atoms with Crippen molar-refractivity contribution in [1.29, 1.82) is 0 Å². The number of sulfonamides is 1. The molecule has 2 amide bonds. The molecule has 0 bridgehead atoms. The fourth-order valence-electron chi connectivity index (χ4n) is 4.62. The second-order valence-electron chi connectivity index (χ2n) is 9.82. The van der Waals surface area contributed by atoms with Gasteiger partial charge in [0.2, 0.25) is 21.8 Å². The summed E-state index contributed by atoms with van der Waals surface area (Å²) in [5, 5.41) is 3.07. The van der Waals surface area contributed by atoms with Crippen molar-refractivity contribution < 1.29 is 18.0 Å². The normalized spacial score (nSPS) is 21.9. The largest absolute Gasteiger partial charge is 0.352 e. The van der Waals surface area contributed by atoms with Gasteiger partial charge in [0.1, 0.15) is 0 Å². The highest BCUT2D eigenvalue weighted by Gasteiger charge is 2.33. The maximum atomic E-state index is 13.1. The average Bonchev–Trinajstić information content (AvgIpc) is 3.64. The van der Waals surface area contributed by atoms with Crippen LogP contribution in [0.3, 0.4) is 0 Å². The summed E-state index contributed by atoms with van der Waals surface area (Å²) >= 11 is 0. The van der Waals surface area contributed by atoms with E-state index in [1.54, 1.807) is 11.0 Å². The number of rotatable bonds is 7. The van der Waals surface area contributed by atoms with Crippen LogP contribution < -0.4 is 5.32 Å². The Balaban J connectivity index is 1.23. The lowest BCUT2D eigenvalue weighted by Gasteiger charge is -2.39. The van der Waals surface area contributed by atoms with Gasteiger partial charge in [0.05, 0.1) is 17.5 Å². The molecular weight excluding hydrogens is 454 g/mol. The topological polar surface area (TPSA) is 93.3 Å². The molecule has 2 saturated heterocycles. The van der Waals surface area contributed by atoms with Crippen molar-refractivity contribution in [2.45, 2.75) is 50.6 Å². The van der Waals surface area contributed by atoms with Crippen LogP contribution in [0.5, 0.6) is 0 Å². The Morgan fingerprint density at radius 3 is 2.26 bits per heavy atom. The quantitative estimate of drug-likeness (QED) is 0.594. The Morgan fingerprint density at radius 1 is 1.00 bits per heavy atom. The van der Waals surface area contributed by atoms with Crippen molar-refractivity contribution in [1.82, 2.24) is 24.3 Å². The Hall–Kier alpha value is -2.01. The molecule has 2 heterocycles. The molecule has 0 spiro atoms. The lowest BCUT2D eigenvalue weighted by atomic mass is 10.2. The third-order valence-electron chi connectivity index (χ3n) is 7.17. The van der Waals surface area contributed by atoms with Crippen molar-refractivity contribution in [2.75, 3.05) is 58.9 Å². The molecule has 1 unspecified atom stereocenters. The zero-order chi connectivity index (χ0) is 24.5. The molecule has 10 heteroatoms. The van der Waals surface area contributed by atoms with Crippen LogP contribution in [0.4, 0.5) is 0 Å².